The molecule has 166 valence electrons. The Labute approximate surface area is 188 Å². The van der Waals surface area contributed by atoms with Gasteiger partial charge in [-0.3, -0.25) is 9.80 Å². The van der Waals surface area contributed by atoms with Crippen molar-refractivity contribution >= 4 is 24.8 Å². The largest absolute Gasteiger partial charge is 0.493 e. The van der Waals surface area contributed by atoms with Gasteiger partial charge in [0.05, 0.1) is 13.2 Å². The highest BCUT2D eigenvalue weighted by Gasteiger charge is 2.30. The van der Waals surface area contributed by atoms with Crippen LogP contribution in [-0.2, 0) is 11.3 Å². The van der Waals surface area contributed by atoms with Crippen molar-refractivity contribution in [2.75, 3.05) is 53.0 Å². The zero-order chi connectivity index (χ0) is 18.5. The van der Waals surface area contributed by atoms with Crippen LogP contribution in [0.5, 0.6) is 5.75 Å². The van der Waals surface area contributed by atoms with Gasteiger partial charge in [-0.1, -0.05) is 12.1 Å². The number of hydrogen-bond donors (Lipinski definition) is 1. The Kier molecular flexibility index (Phi) is 10.5. The van der Waals surface area contributed by atoms with E-state index < -0.39 is 0 Å². The van der Waals surface area contributed by atoms with Crippen LogP contribution in [0.15, 0.2) is 24.3 Å². The molecule has 0 radical (unpaired) electrons. The van der Waals surface area contributed by atoms with E-state index in [1.54, 1.807) is 7.11 Å². The van der Waals surface area contributed by atoms with Crippen molar-refractivity contribution in [2.24, 2.45) is 5.92 Å². The standard InChI is InChI=1S/C22H35N3O2.2ClH/c1-26-17-21-5-3-10-24(21)14-18-4-2-6-22(12-18)27-16-19-7-8-20-13-23-9-11-25(20)15-19;;/h2,4,6,12,19-21,23H,3,5,7-11,13-17H2,1H3;2*1H/t19-,20-,21?;;/m0../s1. The van der Waals surface area contributed by atoms with Gasteiger partial charge in [0.25, 0.3) is 0 Å². The van der Waals surface area contributed by atoms with Crippen molar-refractivity contribution in [1.82, 2.24) is 15.1 Å². The van der Waals surface area contributed by atoms with Crippen LogP contribution in [-0.4, -0.2) is 74.9 Å². The molecule has 1 unspecified atom stereocenters. The molecule has 1 N–H and O–H groups in total. The van der Waals surface area contributed by atoms with Gasteiger partial charge in [0.15, 0.2) is 0 Å². The fraction of sp³-hybridized carbons (Fsp3) is 0.727. The summed E-state index contributed by atoms with van der Waals surface area (Å²) in [5.74, 6) is 1.69. The third-order valence-corrected chi connectivity index (χ3v) is 6.50. The first-order chi connectivity index (χ1) is 13.3. The molecule has 1 aromatic rings. The zero-order valence-electron chi connectivity index (χ0n) is 17.6. The Bertz CT molecular complexity index is 607. The lowest BCUT2D eigenvalue weighted by Crippen LogP contribution is -2.55. The molecule has 3 fully saturated rings. The quantitative estimate of drug-likeness (QED) is 0.696. The highest BCUT2D eigenvalue weighted by atomic mass is 35.5. The lowest BCUT2D eigenvalue weighted by Gasteiger charge is -2.42. The second-order valence-corrected chi connectivity index (χ2v) is 8.48. The number of nitrogens with zero attached hydrogens (tertiary/aromatic N) is 2. The normalized spacial score (nSPS) is 27.6. The summed E-state index contributed by atoms with van der Waals surface area (Å²) in [6.07, 6.45) is 5.11. The predicted octanol–water partition coefficient (Wildman–Crippen LogP) is 3.20. The number of rotatable bonds is 7. The molecule has 0 bridgehead atoms. The molecule has 4 rings (SSSR count). The molecule has 3 saturated heterocycles. The summed E-state index contributed by atoms with van der Waals surface area (Å²) in [6.45, 7) is 8.53. The average Bonchev–Trinajstić information content (AvgIpc) is 3.13. The molecule has 0 spiro atoms. The first-order valence-electron chi connectivity index (χ1n) is 10.7. The van der Waals surface area contributed by atoms with E-state index in [-0.39, 0.29) is 24.8 Å². The van der Waals surface area contributed by atoms with Crippen molar-refractivity contribution in [3.63, 3.8) is 0 Å². The van der Waals surface area contributed by atoms with Gasteiger partial charge < -0.3 is 14.8 Å². The number of methoxy groups -OCH3 is 1. The van der Waals surface area contributed by atoms with Crippen molar-refractivity contribution < 1.29 is 9.47 Å². The van der Waals surface area contributed by atoms with Gasteiger partial charge in [-0.25, -0.2) is 0 Å². The number of piperidine rings is 1. The van der Waals surface area contributed by atoms with Crippen LogP contribution in [0, 0.1) is 5.92 Å². The number of piperazine rings is 1. The third kappa shape index (κ3) is 6.71. The van der Waals surface area contributed by atoms with Crippen molar-refractivity contribution in [2.45, 2.75) is 44.3 Å². The van der Waals surface area contributed by atoms with Gasteiger partial charge in [0.1, 0.15) is 5.75 Å². The summed E-state index contributed by atoms with van der Waals surface area (Å²) in [7, 11) is 1.80. The van der Waals surface area contributed by atoms with Gasteiger partial charge in [0.2, 0.25) is 0 Å². The SMILES string of the molecule is COCC1CCCN1Cc1cccc(OC[C@H]2CC[C@H]3CNCCN3C2)c1.Cl.Cl. The number of hydrogen-bond acceptors (Lipinski definition) is 5. The van der Waals surface area contributed by atoms with Crippen molar-refractivity contribution in [3.05, 3.63) is 29.8 Å². The van der Waals surface area contributed by atoms with E-state index in [1.165, 1.54) is 50.9 Å². The molecule has 29 heavy (non-hydrogen) atoms. The zero-order valence-corrected chi connectivity index (χ0v) is 19.2. The molecule has 0 amide bonds. The molecule has 7 heteroatoms. The number of nitrogens with one attached hydrogen (secondary N) is 1. The highest BCUT2D eigenvalue weighted by Crippen LogP contribution is 2.25. The smallest absolute Gasteiger partial charge is 0.119 e. The molecule has 5 nitrogen and oxygen atoms in total. The molecule has 3 atom stereocenters. The Balaban J connectivity index is 0.00000150. The summed E-state index contributed by atoms with van der Waals surface area (Å²) in [5, 5.41) is 3.52. The molecule has 0 saturated carbocycles. The Hall–Kier alpha value is -0.560. The Morgan fingerprint density at radius 2 is 2.00 bits per heavy atom. The van der Waals surface area contributed by atoms with Crippen molar-refractivity contribution in [3.8, 4) is 5.75 Å². The van der Waals surface area contributed by atoms with E-state index in [4.69, 9.17) is 9.47 Å². The number of likely N-dealkylation sites (tertiary alicyclic amines) is 1. The van der Waals surface area contributed by atoms with Gasteiger partial charge in [-0.05, 0) is 49.9 Å². The predicted molar refractivity (Wildman–Crippen MR) is 123 cm³/mol. The maximum Gasteiger partial charge on any atom is 0.119 e. The van der Waals surface area contributed by atoms with Gasteiger partial charge in [-0.15, -0.1) is 24.8 Å². The number of fused-ring (bicyclic) bond motifs is 1. The van der Waals surface area contributed by atoms with Gasteiger partial charge in [-0.2, -0.15) is 0 Å². The van der Waals surface area contributed by atoms with Crippen LogP contribution in [0.2, 0.25) is 0 Å². The molecule has 0 aliphatic carbocycles. The van der Waals surface area contributed by atoms with Gasteiger partial charge >= 0.3 is 0 Å². The Morgan fingerprint density at radius 1 is 1.10 bits per heavy atom. The molecule has 3 aliphatic rings. The van der Waals surface area contributed by atoms with Gasteiger partial charge in [0, 0.05) is 57.8 Å². The summed E-state index contributed by atoms with van der Waals surface area (Å²) < 4.78 is 11.6. The first-order valence-corrected chi connectivity index (χ1v) is 10.7. The molecular weight excluding hydrogens is 409 g/mol. The van der Waals surface area contributed by atoms with Crippen LogP contribution < -0.4 is 10.1 Å². The summed E-state index contributed by atoms with van der Waals surface area (Å²) in [6, 6.07) is 10.0. The molecular formula is C22H37Cl2N3O2. The van der Waals surface area contributed by atoms with E-state index in [2.05, 4.69) is 39.4 Å². The first kappa shape index (κ1) is 24.7. The summed E-state index contributed by atoms with van der Waals surface area (Å²) in [5.41, 5.74) is 1.35. The fourth-order valence-electron chi connectivity index (χ4n) is 4.98. The van der Waals surface area contributed by atoms with E-state index in [0.717, 1.165) is 44.6 Å². The van der Waals surface area contributed by atoms with Crippen LogP contribution in [0.1, 0.15) is 31.2 Å². The minimum absolute atomic E-state index is 0. The summed E-state index contributed by atoms with van der Waals surface area (Å²) in [4.78, 5) is 5.21. The van der Waals surface area contributed by atoms with Crippen molar-refractivity contribution in [1.29, 1.82) is 0 Å². The molecule has 3 heterocycles. The van der Waals surface area contributed by atoms with E-state index in [0.29, 0.717) is 12.0 Å². The maximum atomic E-state index is 6.22. The van der Waals surface area contributed by atoms with Crippen LogP contribution >= 0.6 is 24.8 Å². The maximum absolute atomic E-state index is 6.22. The Morgan fingerprint density at radius 3 is 2.86 bits per heavy atom. The number of halogens is 2. The third-order valence-electron chi connectivity index (χ3n) is 6.50. The highest BCUT2D eigenvalue weighted by molar-refractivity contribution is 5.85. The lowest BCUT2D eigenvalue weighted by molar-refractivity contribution is 0.0649. The monoisotopic (exact) mass is 445 g/mol. The molecule has 3 aliphatic heterocycles. The number of ether oxygens (including phenoxy) is 2. The topological polar surface area (TPSA) is 37.0 Å². The van der Waals surface area contributed by atoms with Crippen LogP contribution in [0.4, 0.5) is 0 Å². The molecule has 1 aromatic carbocycles. The second kappa shape index (κ2) is 12.3. The fourth-order valence-corrected chi connectivity index (χ4v) is 4.98. The summed E-state index contributed by atoms with van der Waals surface area (Å²) >= 11 is 0. The van der Waals surface area contributed by atoms with Crippen LogP contribution in [0.25, 0.3) is 0 Å². The van der Waals surface area contributed by atoms with E-state index >= 15 is 0 Å². The second-order valence-electron chi connectivity index (χ2n) is 8.48. The minimum Gasteiger partial charge on any atom is -0.493 e. The number of benzene rings is 1. The molecule has 0 aromatic heterocycles. The van der Waals surface area contributed by atoms with E-state index in [9.17, 15) is 0 Å². The average molecular weight is 446 g/mol. The van der Waals surface area contributed by atoms with E-state index in [1.807, 2.05) is 0 Å². The minimum atomic E-state index is 0. The van der Waals surface area contributed by atoms with Crippen LogP contribution in [0.3, 0.4) is 0 Å². The lowest BCUT2D eigenvalue weighted by atomic mass is 9.92.